The number of aliphatic hydroxyl groups excluding tert-OH is 1. The first-order valence-electron chi connectivity index (χ1n) is 6.82. The minimum Gasteiger partial charge on any atom is -0.478 e. The van der Waals surface area contributed by atoms with Gasteiger partial charge < -0.3 is 21.1 Å². The highest BCUT2D eigenvalue weighted by molar-refractivity contribution is 5.98. The van der Waals surface area contributed by atoms with E-state index in [-0.39, 0.29) is 16.8 Å². The number of hydrogen-bond acceptors (Lipinski definition) is 4. The Morgan fingerprint density at radius 2 is 1.71 bits per heavy atom. The van der Waals surface area contributed by atoms with Crippen molar-refractivity contribution in [1.29, 1.82) is 0 Å². The Bertz CT molecular complexity index is 481. The van der Waals surface area contributed by atoms with Crippen LogP contribution in [0, 0.1) is 6.92 Å². The molecule has 0 spiro atoms. The molecule has 1 aromatic carbocycles. The van der Waals surface area contributed by atoms with Crippen molar-refractivity contribution in [1.82, 2.24) is 0 Å². The van der Waals surface area contributed by atoms with Crippen molar-refractivity contribution in [2.24, 2.45) is 0 Å². The maximum Gasteiger partial charge on any atom is 0.337 e. The largest absolute Gasteiger partial charge is 0.478 e. The molecule has 0 aromatic heterocycles. The van der Waals surface area contributed by atoms with Crippen molar-refractivity contribution in [2.75, 3.05) is 12.3 Å². The summed E-state index contributed by atoms with van der Waals surface area (Å²) in [6.45, 7) is 4.09. The van der Waals surface area contributed by atoms with Gasteiger partial charge in [0.2, 0.25) is 0 Å². The topological polar surface area (TPSA) is 121 Å². The fourth-order valence-electron chi connectivity index (χ4n) is 1.64. The van der Waals surface area contributed by atoms with E-state index in [1.165, 1.54) is 25.3 Å². The third kappa shape index (κ3) is 6.76. The molecule has 0 heterocycles. The molecule has 0 saturated heterocycles. The zero-order chi connectivity index (χ0) is 16.4. The molecule has 6 nitrogen and oxygen atoms in total. The molecule has 0 radical (unpaired) electrons. The van der Waals surface area contributed by atoms with E-state index in [1.54, 1.807) is 6.92 Å². The van der Waals surface area contributed by atoms with Crippen LogP contribution in [-0.2, 0) is 0 Å². The van der Waals surface area contributed by atoms with Crippen LogP contribution in [-0.4, -0.2) is 33.9 Å². The molecular formula is C15H23NO5. The number of unbranched alkanes of at least 4 members (excludes halogenated alkanes) is 3. The molecule has 0 bridgehead atoms. The van der Waals surface area contributed by atoms with Gasteiger partial charge in [0.25, 0.3) is 0 Å². The summed E-state index contributed by atoms with van der Waals surface area (Å²) in [5.41, 5.74) is 5.77. The van der Waals surface area contributed by atoms with Gasteiger partial charge in [-0.2, -0.15) is 0 Å². The van der Waals surface area contributed by atoms with Crippen LogP contribution in [0.15, 0.2) is 12.1 Å². The molecule has 0 unspecified atom stereocenters. The molecule has 1 aromatic rings. The van der Waals surface area contributed by atoms with Gasteiger partial charge in [0, 0.05) is 12.3 Å². The lowest BCUT2D eigenvalue weighted by atomic mass is 10.0. The monoisotopic (exact) mass is 297 g/mol. The lowest BCUT2D eigenvalue weighted by molar-refractivity contribution is 0.0696. The van der Waals surface area contributed by atoms with E-state index < -0.39 is 11.9 Å². The van der Waals surface area contributed by atoms with Crippen LogP contribution in [0.4, 0.5) is 5.69 Å². The van der Waals surface area contributed by atoms with Crippen molar-refractivity contribution in [3.05, 3.63) is 28.8 Å². The number of aliphatic hydroxyl groups is 1. The van der Waals surface area contributed by atoms with Crippen molar-refractivity contribution >= 4 is 17.6 Å². The van der Waals surface area contributed by atoms with Gasteiger partial charge >= 0.3 is 11.9 Å². The van der Waals surface area contributed by atoms with E-state index in [0.29, 0.717) is 12.2 Å². The number of benzene rings is 1. The minimum absolute atomic E-state index is 0.0749. The van der Waals surface area contributed by atoms with E-state index in [2.05, 4.69) is 6.92 Å². The lowest BCUT2D eigenvalue weighted by Crippen LogP contribution is -2.07. The van der Waals surface area contributed by atoms with Crippen LogP contribution < -0.4 is 5.73 Å². The number of nitrogen functional groups attached to an aromatic ring is 1. The van der Waals surface area contributed by atoms with Gasteiger partial charge in [-0.15, -0.1) is 0 Å². The molecule has 0 amide bonds. The van der Waals surface area contributed by atoms with Crippen LogP contribution >= 0.6 is 0 Å². The molecule has 6 heteroatoms. The maximum absolute atomic E-state index is 10.7. The second-order valence-electron chi connectivity index (χ2n) is 4.65. The van der Waals surface area contributed by atoms with Crippen molar-refractivity contribution in [3.8, 4) is 0 Å². The molecule has 0 atom stereocenters. The first-order chi connectivity index (χ1) is 9.84. The summed E-state index contributed by atoms with van der Waals surface area (Å²) in [6, 6.07) is 2.39. The van der Waals surface area contributed by atoms with Crippen molar-refractivity contribution < 1.29 is 24.9 Å². The summed E-state index contributed by atoms with van der Waals surface area (Å²) in [7, 11) is 0. The zero-order valence-electron chi connectivity index (χ0n) is 12.4. The number of aromatic carboxylic acids is 2. The standard InChI is InChI=1S/C9H9NO4.C6H14O/c1-4-2-5(8(11)12)3-6(7(4)10)9(13)14;1-2-3-4-5-6-7/h2-3H,10H2,1H3,(H,11,12)(H,13,14);7H,2-6H2,1H3. The summed E-state index contributed by atoms with van der Waals surface area (Å²) in [6.07, 6.45) is 4.68. The number of hydrogen-bond donors (Lipinski definition) is 4. The average Bonchev–Trinajstić information content (AvgIpc) is 2.42. The number of rotatable bonds is 6. The van der Waals surface area contributed by atoms with Gasteiger partial charge in [-0.1, -0.05) is 26.2 Å². The van der Waals surface area contributed by atoms with Gasteiger partial charge in [0.05, 0.1) is 11.1 Å². The minimum atomic E-state index is -1.23. The molecule has 21 heavy (non-hydrogen) atoms. The molecule has 1 rings (SSSR count). The summed E-state index contributed by atoms with van der Waals surface area (Å²) < 4.78 is 0. The second-order valence-corrected chi connectivity index (χ2v) is 4.65. The highest BCUT2D eigenvalue weighted by atomic mass is 16.4. The Labute approximate surface area is 124 Å². The Hall–Kier alpha value is -2.08. The Morgan fingerprint density at radius 1 is 1.10 bits per heavy atom. The van der Waals surface area contributed by atoms with Crippen LogP contribution in [0.25, 0.3) is 0 Å². The van der Waals surface area contributed by atoms with Crippen LogP contribution in [0.3, 0.4) is 0 Å². The van der Waals surface area contributed by atoms with Crippen molar-refractivity contribution in [2.45, 2.75) is 39.5 Å². The van der Waals surface area contributed by atoms with Crippen LogP contribution in [0.2, 0.25) is 0 Å². The van der Waals surface area contributed by atoms with Gasteiger partial charge in [-0.3, -0.25) is 0 Å². The Balaban J connectivity index is 0.000000486. The number of anilines is 1. The van der Waals surface area contributed by atoms with E-state index in [1.807, 2.05) is 0 Å². The first kappa shape index (κ1) is 18.9. The Morgan fingerprint density at radius 3 is 2.14 bits per heavy atom. The summed E-state index contributed by atoms with van der Waals surface area (Å²) >= 11 is 0. The fraction of sp³-hybridized carbons (Fsp3) is 0.467. The fourth-order valence-corrected chi connectivity index (χ4v) is 1.64. The quantitative estimate of drug-likeness (QED) is 0.473. The van der Waals surface area contributed by atoms with E-state index >= 15 is 0 Å². The van der Waals surface area contributed by atoms with Crippen LogP contribution in [0.5, 0.6) is 0 Å². The zero-order valence-corrected chi connectivity index (χ0v) is 12.4. The molecule has 0 aliphatic heterocycles. The molecule has 5 N–H and O–H groups in total. The lowest BCUT2D eigenvalue weighted by Gasteiger charge is -2.05. The van der Waals surface area contributed by atoms with Gasteiger partial charge in [-0.05, 0) is 31.0 Å². The highest BCUT2D eigenvalue weighted by Gasteiger charge is 2.14. The van der Waals surface area contributed by atoms with Gasteiger partial charge in [0.1, 0.15) is 0 Å². The molecular weight excluding hydrogens is 274 g/mol. The van der Waals surface area contributed by atoms with Crippen molar-refractivity contribution in [3.63, 3.8) is 0 Å². The number of aryl methyl sites for hydroxylation is 1. The number of nitrogens with two attached hydrogens (primary N) is 1. The highest BCUT2D eigenvalue weighted by Crippen LogP contribution is 2.19. The third-order valence-corrected chi connectivity index (χ3v) is 2.88. The average molecular weight is 297 g/mol. The van der Waals surface area contributed by atoms with Crippen LogP contribution in [0.1, 0.15) is 58.9 Å². The molecule has 118 valence electrons. The predicted molar refractivity (Wildman–Crippen MR) is 80.7 cm³/mol. The first-order valence-corrected chi connectivity index (χ1v) is 6.82. The van der Waals surface area contributed by atoms with Gasteiger partial charge in [-0.25, -0.2) is 9.59 Å². The number of carbonyl (C=O) groups is 2. The predicted octanol–water partition coefficient (Wildman–Crippen LogP) is 2.53. The summed E-state index contributed by atoms with van der Waals surface area (Å²) in [5.74, 6) is -2.40. The molecule has 0 saturated carbocycles. The summed E-state index contributed by atoms with van der Waals surface area (Å²) in [4.78, 5) is 21.3. The normalized spacial score (nSPS) is 9.67. The van der Waals surface area contributed by atoms with E-state index in [9.17, 15) is 9.59 Å². The molecule has 0 aliphatic carbocycles. The Kier molecular flexibility index (Phi) is 8.80. The third-order valence-electron chi connectivity index (χ3n) is 2.88. The smallest absolute Gasteiger partial charge is 0.337 e. The SMILES string of the molecule is CCCCCCO.Cc1cc(C(=O)O)cc(C(=O)O)c1N. The van der Waals surface area contributed by atoms with E-state index in [4.69, 9.17) is 21.1 Å². The second kappa shape index (κ2) is 9.77. The van der Waals surface area contributed by atoms with E-state index in [0.717, 1.165) is 12.5 Å². The number of carboxylic acid groups (broad SMARTS) is 2. The number of carboxylic acids is 2. The molecule has 0 aliphatic rings. The summed E-state index contributed by atoms with van der Waals surface area (Å²) in [5, 5.41) is 25.7. The molecule has 0 fully saturated rings. The maximum atomic E-state index is 10.7. The van der Waals surface area contributed by atoms with Gasteiger partial charge in [0.15, 0.2) is 0 Å².